The average molecular weight is 566 g/mol. The monoisotopic (exact) mass is 565 g/mol. The van der Waals surface area contributed by atoms with E-state index in [1.54, 1.807) is 11.0 Å². The van der Waals surface area contributed by atoms with Crippen molar-refractivity contribution in [2.24, 2.45) is 16.5 Å². The van der Waals surface area contributed by atoms with Crippen LogP contribution in [0.3, 0.4) is 0 Å². The van der Waals surface area contributed by atoms with Crippen molar-refractivity contribution in [3.63, 3.8) is 0 Å². The molecular formula is C28H34FN8O4+. The molecule has 0 bridgehead atoms. The van der Waals surface area contributed by atoms with Gasteiger partial charge in [-0.05, 0) is 36.1 Å². The number of fused-ring (bicyclic) bond motifs is 1. The van der Waals surface area contributed by atoms with Crippen LogP contribution < -0.4 is 37.1 Å². The van der Waals surface area contributed by atoms with E-state index in [9.17, 15) is 19.1 Å². The third-order valence-corrected chi connectivity index (χ3v) is 8.57. The number of hydrogen-bond acceptors (Lipinski definition) is 9. The van der Waals surface area contributed by atoms with Crippen molar-refractivity contribution in [3.05, 3.63) is 65.0 Å². The molecule has 41 heavy (non-hydrogen) atoms. The van der Waals surface area contributed by atoms with E-state index in [-0.39, 0.29) is 41.9 Å². The second-order valence-electron chi connectivity index (χ2n) is 11.6. The van der Waals surface area contributed by atoms with Crippen molar-refractivity contribution in [3.8, 4) is 5.75 Å². The molecule has 1 unspecified atom stereocenters. The fraction of sp³-hybridized carbons (Fsp3) is 0.429. The minimum atomic E-state index is -1.24. The van der Waals surface area contributed by atoms with E-state index < -0.39 is 41.6 Å². The van der Waals surface area contributed by atoms with Crippen LogP contribution in [0.1, 0.15) is 46.5 Å². The third-order valence-electron chi connectivity index (χ3n) is 8.57. The number of nitrogens with zero attached hydrogens (tertiary/aromatic N) is 2. The number of aliphatic imine (C=N–C) groups is 1. The number of rotatable bonds is 5. The van der Waals surface area contributed by atoms with Gasteiger partial charge < -0.3 is 31.1 Å². The van der Waals surface area contributed by atoms with Gasteiger partial charge in [0, 0.05) is 24.2 Å². The molecule has 0 aromatic heterocycles. The summed E-state index contributed by atoms with van der Waals surface area (Å²) in [5.41, 5.74) is 12.7. The molecule has 1 spiro atoms. The van der Waals surface area contributed by atoms with Crippen LogP contribution >= 0.6 is 0 Å². The molecule has 1 saturated heterocycles. The zero-order valence-corrected chi connectivity index (χ0v) is 22.8. The first kappa shape index (κ1) is 26.8. The maximum absolute atomic E-state index is 13.6. The lowest BCUT2D eigenvalue weighted by atomic mass is 9.79. The molecule has 2 aromatic carbocycles. The van der Waals surface area contributed by atoms with Crippen molar-refractivity contribution in [1.82, 2.24) is 20.9 Å². The smallest absolute Gasteiger partial charge is 0.343 e. The molecule has 6 rings (SSSR count). The molecule has 2 aromatic rings. The maximum Gasteiger partial charge on any atom is 0.343 e. The Morgan fingerprint density at radius 3 is 2.80 bits per heavy atom. The molecule has 13 heteroatoms. The van der Waals surface area contributed by atoms with Gasteiger partial charge in [-0.3, -0.25) is 20.3 Å². The summed E-state index contributed by atoms with van der Waals surface area (Å²) in [6.45, 7) is 4.93. The van der Waals surface area contributed by atoms with Gasteiger partial charge in [0.05, 0.1) is 18.2 Å². The van der Waals surface area contributed by atoms with Gasteiger partial charge in [0.2, 0.25) is 5.66 Å². The van der Waals surface area contributed by atoms with Gasteiger partial charge in [-0.25, -0.2) is 14.7 Å². The van der Waals surface area contributed by atoms with Crippen molar-refractivity contribution < 1.29 is 28.8 Å². The minimum Gasteiger partial charge on any atom is -0.492 e. The molecule has 1 fully saturated rings. The molecule has 9 N–H and O–H groups in total. The van der Waals surface area contributed by atoms with Crippen LogP contribution in [-0.4, -0.2) is 83.3 Å². The van der Waals surface area contributed by atoms with Crippen LogP contribution in [0, 0.1) is 5.82 Å². The highest BCUT2D eigenvalue weighted by Gasteiger charge is 2.68. The summed E-state index contributed by atoms with van der Waals surface area (Å²) in [4.78, 5) is 35.6. The second kappa shape index (κ2) is 9.61. The van der Waals surface area contributed by atoms with Gasteiger partial charge in [0.25, 0.3) is 11.8 Å². The Balaban J connectivity index is 1.23. The Morgan fingerprint density at radius 1 is 1.24 bits per heavy atom. The molecular weight excluding hydrogens is 531 g/mol. The first-order chi connectivity index (χ1) is 19.5. The number of aliphatic hydroxyl groups excluding tert-OH is 1. The largest absolute Gasteiger partial charge is 0.492 e. The summed E-state index contributed by atoms with van der Waals surface area (Å²) in [6, 6.07) is 8.86. The molecule has 4 aliphatic rings. The van der Waals surface area contributed by atoms with Crippen LogP contribution in [-0.2, 0) is 5.41 Å². The van der Waals surface area contributed by atoms with Gasteiger partial charge >= 0.3 is 5.96 Å². The third kappa shape index (κ3) is 4.31. The average Bonchev–Trinajstić information content (AvgIpc) is 3.43. The Morgan fingerprint density at radius 2 is 2.02 bits per heavy atom. The Labute approximate surface area is 236 Å². The summed E-state index contributed by atoms with van der Waals surface area (Å²) in [5.74, 6) is -0.515. The first-order valence-corrected chi connectivity index (χ1v) is 13.6. The number of hydrogen-bond donors (Lipinski definition) is 7. The van der Waals surface area contributed by atoms with Crippen molar-refractivity contribution >= 4 is 23.7 Å². The predicted octanol–water partition coefficient (Wildman–Crippen LogP) is -2.15. The fourth-order valence-electron chi connectivity index (χ4n) is 6.41. The van der Waals surface area contributed by atoms with E-state index in [2.05, 4.69) is 39.8 Å². The molecule has 12 nitrogen and oxygen atoms in total. The number of halogens is 1. The first-order valence-electron chi connectivity index (χ1n) is 13.6. The summed E-state index contributed by atoms with van der Waals surface area (Å²) in [5, 5.41) is 20.6. The summed E-state index contributed by atoms with van der Waals surface area (Å²) >= 11 is 0. The molecule has 0 saturated carbocycles. The topological polar surface area (TPSA) is 181 Å². The molecule has 2 amide bonds. The molecule has 4 heterocycles. The standard InChI is InChI=1S/C28H33FN8O4/c1-27(2)9-10-41-20-16(7-4-8-17(20)27)24(40)33-19-13-37-26(31)34-18(21-28(37,22(19)38)36-25(30)35-21)12-32-23(39)14-5-3-6-15(29)11-14/h3-8,11,18-19,21-22,38H,9-10,12-13H2,1-2H3,(H2,31,34)(H,32,39)(H,33,40)(H3,30,35,36)/p+1/t18-,19?,21-,22+,28-/m0/s1. The van der Waals surface area contributed by atoms with E-state index in [0.29, 0.717) is 17.9 Å². The highest BCUT2D eigenvalue weighted by atomic mass is 19.1. The van der Waals surface area contributed by atoms with Gasteiger partial charge in [-0.15, -0.1) is 0 Å². The Bertz CT molecular complexity index is 1480. The number of carbonyl (C=O) groups is 2. The van der Waals surface area contributed by atoms with E-state index in [1.807, 2.05) is 12.1 Å². The quantitative estimate of drug-likeness (QED) is 0.214. The van der Waals surface area contributed by atoms with Gasteiger partial charge in [0.15, 0.2) is 12.0 Å². The fourth-order valence-corrected chi connectivity index (χ4v) is 6.41. The second-order valence-corrected chi connectivity index (χ2v) is 11.6. The molecule has 216 valence electrons. The highest BCUT2D eigenvalue weighted by molar-refractivity contribution is 5.98. The number of nitrogens with one attached hydrogen (secondary N) is 4. The van der Waals surface area contributed by atoms with Crippen molar-refractivity contribution in [1.29, 1.82) is 0 Å². The summed E-state index contributed by atoms with van der Waals surface area (Å²) in [7, 11) is 0. The number of amides is 2. The maximum atomic E-state index is 13.6. The Kier molecular flexibility index (Phi) is 6.29. The van der Waals surface area contributed by atoms with Crippen LogP contribution in [0.25, 0.3) is 0 Å². The number of carbonyl (C=O) groups excluding carboxylic acids is 2. The lowest BCUT2D eigenvalue weighted by Crippen LogP contribution is -2.88. The predicted molar refractivity (Wildman–Crippen MR) is 148 cm³/mol. The van der Waals surface area contributed by atoms with Crippen LogP contribution in [0.15, 0.2) is 47.5 Å². The number of ether oxygens (including phenoxy) is 1. The van der Waals surface area contributed by atoms with Gasteiger partial charge in [-0.1, -0.05) is 32.0 Å². The number of aliphatic hydroxyl groups is 1. The number of benzene rings is 2. The molecule has 0 aliphatic carbocycles. The normalized spacial score (nSPS) is 29.1. The van der Waals surface area contributed by atoms with E-state index in [0.717, 1.165) is 18.1 Å². The van der Waals surface area contributed by atoms with Crippen LogP contribution in [0.2, 0.25) is 0 Å². The SMILES string of the molecule is CC1(C)CCOc2c(C(=O)NC3CN4C(N)=N[C@@H](CNC(=O)c5cccc(F)c5)[C@@H]5[NH+]=C(N)N[C@@]54[C@@H]3O)cccc21. The van der Waals surface area contributed by atoms with Gasteiger partial charge in [-0.2, -0.15) is 0 Å². The van der Waals surface area contributed by atoms with Crippen LogP contribution in [0.4, 0.5) is 4.39 Å². The van der Waals surface area contributed by atoms with Gasteiger partial charge in [0.1, 0.15) is 23.7 Å². The molecule has 5 atom stereocenters. The molecule has 4 aliphatic heterocycles. The van der Waals surface area contributed by atoms with E-state index in [1.165, 1.54) is 18.2 Å². The summed E-state index contributed by atoms with van der Waals surface area (Å²) < 4.78 is 19.5. The van der Waals surface area contributed by atoms with Crippen LogP contribution in [0.5, 0.6) is 5.75 Å². The summed E-state index contributed by atoms with van der Waals surface area (Å²) in [6.07, 6.45) is -0.331. The highest BCUT2D eigenvalue weighted by Crippen LogP contribution is 2.41. The zero-order chi connectivity index (χ0) is 29.1. The van der Waals surface area contributed by atoms with E-state index in [4.69, 9.17) is 16.2 Å². The number of guanidine groups is 2. The van der Waals surface area contributed by atoms with E-state index >= 15 is 0 Å². The Hall–Kier alpha value is -4.39. The molecule has 0 radical (unpaired) electrons. The minimum absolute atomic E-state index is 0.0330. The number of para-hydroxylation sites is 1. The van der Waals surface area contributed by atoms with Crippen molar-refractivity contribution in [2.45, 2.75) is 55.6 Å². The van der Waals surface area contributed by atoms with Crippen molar-refractivity contribution in [2.75, 3.05) is 19.7 Å². The lowest BCUT2D eigenvalue weighted by Gasteiger charge is -2.43. The lowest BCUT2D eigenvalue weighted by molar-refractivity contribution is -0.513. The zero-order valence-electron chi connectivity index (χ0n) is 22.8. The number of nitrogens with two attached hydrogens (primary N) is 2.